The summed E-state index contributed by atoms with van der Waals surface area (Å²) in [5, 5.41) is 7.53. The topological polar surface area (TPSA) is 103 Å². The second kappa shape index (κ2) is 14.5. The van der Waals surface area contributed by atoms with E-state index in [1.807, 2.05) is 36.4 Å². The Balaban J connectivity index is 1.43. The van der Waals surface area contributed by atoms with Gasteiger partial charge < -0.3 is 24.8 Å². The zero-order valence-electron chi connectivity index (χ0n) is 19.1. The number of carbonyl (C=O) groups is 3. The summed E-state index contributed by atoms with van der Waals surface area (Å²) >= 11 is 0. The van der Waals surface area contributed by atoms with Crippen LogP contribution in [0, 0.1) is 0 Å². The van der Waals surface area contributed by atoms with Crippen LogP contribution in [0.4, 0.5) is 9.59 Å². The maximum atomic E-state index is 11.9. The van der Waals surface area contributed by atoms with E-state index < -0.39 is 18.2 Å². The van der Waals surface area contributed by atoms with Gasteiger partial charge in [-0.2, -0.15) is 0 Å². The third-order valence-corrected chi connectivity index (χ3v) is 4.68. The van der Waals surface area contributed by atoms with Crippen molar-refractivity contribution in [3.05, 3.63) is 54.6 Å². The highest BCUT2D eigenvalue weighted by atomic mass is 16.6. The van der Waals surface area contributed by atoms with Crippen molar-refractivity contribution in [1.82, 2.24) is 10.6 Å². The monoisotopic (exact) mass is 456 g/mol. The number of alkyl carbamates (subject to hydrolysis) is 1. The number of hydrogen-bond acceptors (Lipinski definition) is 6. The SMILES string of the molecule is C=C(C)C(=O)OCCCOC(=O)NCCCCCCNC(=O)Oc1ccc2ccccc2c1. The number of amides is 2. The Bertz CT molecular complexity index is 943. The molecule has 0 heterocycles. The van der Waals surface area contributed by atoms with Gasteiger partial charge in [-0.15, -0.1) is 0 Å². The Morgan fingerprint density at radius 2 is 1.42 bits per heavy atom. The molecule has 2 amide bonds. The van der Waals surface area contributed by atoms with E-state index in [1.54, 1.807) is 13.0 Å². The number of nitrogens with one attached hydrogen (secondary N) is 2. The van der Waals surface area contributed by atoms with Gasteiger partial charge in [-0.3, -0.25) is 0 Å². The minimum Gasteiger partial charge on any atom is -0.462 e. The van der Waals surface area contributed by atoms with Crippen LogP contribution in [0.3, 0.4) is 0 Å². The number of benzene rings is 2. The molecule has 2 N–H and O–H groups in total. The van der Waals surface area contributed by atoms with Crippen LogP contribution < -0.4 is 15.4 Å². The van der Waals surface area contributed by atoms with Crippen molar-refractivity contribution in [3.8, 4) is 5.75 Å². The normalized spacial score (nSPS) is 10.3. The molecule has 8 heteroatoms. The Labute approximate surface area is 194 Å². The summed E-state index contributed by atoms with van der Waals surface area (Å²) in [5.74, 6) is 0.0634. The number of esters is 1. The number of carbonyl (C=O) groups excluding carboxylic acids is 3. The largest absolute Gasteiger partial charge is 0.462 e. The number of fused-ring (bicyclic) bond motifs is 1. The first kappa shape index (κ1) is 25.7. The molecule has 0 spiro atoms. The summed E-state index contributed by atoms with van der Waals surface area (Å²) in [7, 11) is 0. The lowest BCUT2D eigenvalue weighted by molar-refractivity contribution is -0.139. The summed E-state index contributed by atoms with van der Waals surface area (Å²) < 4.78 is 15.2. The summed E-state index contributed by atoms with van der Waals surface area (Å²) in [4.78, 5) is 34.7. The molecule has 0 saturated carbocycles. The average molecular weight is 457 g/mol. The van der Waals surface area contributed by atoms with Crippen molar-refractivity contribution in [2.75, 3.05) is 26.3 Å². The molecule has 178 valence electrons. The van der Waals surface area contributed by atoms with E-state index in [0.717, 1.165) is 36.5 Å². The quantitative estimate of drug-likeness (QED) is 0.257. The van der Waals surface area contributed by atoms with Gasteiger partial charge in [0.15, 0.2) is 0 Å². The van der Waals surface area contributed by atoms with Gasteiger partial charge in [0, 0.05) is 25.1 Å². The van der Waals surface area contributed by atoms with Crippen LogP contribution >= 0.6 is 0 Å². The maximum absolute atomic E-state index is 11.9. The van der Waals surface area contributed by atoms with Gasteiger partial charge in [0.25, 0.3) is 0 Å². The molecule has 2 aromatic carbocycles. The molecule has 0 saturated heterocycles. The average Bonchev–Trinajstić information content (AvgIpc) is 2.80. The summed E-state index contributed by atoms with van der Waals surface area (Å²) in [6.45, 7) is 6.46. The van der Waals surface area contributed by atoms with Crippen molar-refractivity contribution in [1.29, 1.82) is 0 Å². The highest BCUT2D eigenvalue weighted by Crippen LogP contribution is 2.20. The van der Waals surface area contributed by atoms with Crippen LogP contribution in [0.2, 0.25) is 0 Å². The van der Waals surface area contributed by atoms with Gasteiger partial charge in [-0.25, -0.2) is 14.4 Å². The van der Waals surface area contributed by atoms with E-state index in [-0.39, 0.29) is 13.2 Å². The van der Waals surface area contributed by atoms with Gasteiger partial charge in [0.1, 0.15) is 5.75 Å². The zero-order chi connectivity index (χ0) is 23.9. The summed E-state index contributed by atoms with van der Waals surface area (Å²) in [5.41, 5.74) is 0.338. The highest BCUT2D eigenvalue weighted by Gasteiger charge is 2.06. The van der Waals surface area contributed by atoms with Crippen molar-refractivity contribution >= 4 is 28.9 Å². The molecule has 0 fully saturated rings. The summed E-state index contributed by atoms with van der Waals surface area (Å²) in [6.07, 6.45) is 2.94. The number of rotatable bonds is 13. The fourth-order valence-corrected chi connectivity index (χ4v) is 2.92. The van der Waals surface area contributed by atoms with E-state index in [0.29, 0.717) is 30.8 Å². The fraction of sp³-hybridized carbons (Fsp3) is 0.400. The lowest BCUT2D eigenvalue weighted by Gasteiger charge is -2.08. The lowest BCUT2D eigenvalue weighted by Crippen LogP contribution is -2.27. The Morgan fingerprint density at radius 3 is 2.12 bits per heavy atom. The first-order valence-electron chi connectivity index (χ1n) is 11.1. The number of hydrogen-bond donors (Lipinski definition) is 2. The predicted molar refractivity (Wildman–Crippen MR) is 126 cm³/mol. The van der Waals surface area contributed by atoms with E-state index in [1.165, 1.54) is 0 Å². The Hall–Kier alpha value is -3.55. The molecular weight excluding hydrogens is 424 g/mol. The van der Waals surface area contributed by atoms with Crippen molar-refractivity contribution in [2.24, 2.45) is 0 Å². The molecule has 0 radical (unpaired) electrons. The molecule has 0 unspecified atom stereocenters. The van der Waals surface area contributed by atoms with E-state index in [2.05, 4.69) is 17.2 Å². The van der Waals surface area contributed by atoms with Gasteiger partial charge in [-0.05, 0) is 42.7 Å². The molecular formula is C25H32N2O6. The predicted octanol–water partition coefficient (Wildman–Crippen LogP) is 4.72. The van der Waals surface area contributed by atoms with Crippen LogP contribution in [-0.2, 0) is 14.3 Å². The second-order valence-corrected chi connectivity index (χ2v) is 7.57. The number of ether oxygens (including phenoxy) is 3. The standard InChI is InChI=1S/C25H32N2O6/c1-19(2)23(28)31-16-9-17-32-24(29)26-14-7-3-4-8-15-27-25(30)33-22-13-12-20-10-5-6-11-21(20)18-22/h5-6,10-13,18H,1,3-4,7-9,14-17H2,2H3,(H,26,29)(H,27,30). The van der Waals surface area contributed by atoms with Gasteiger partial charge in [0.05, 0.1) is 13.2 Å². The molecule has 2 rings (SSSR count). The Morgan fingerprint density at radius 1 is 0.788 bits per heavy atom. The minimum absolute atomic E-state index is 0.177. The van der Waals surface area contributed by atoms with Crippen molar-refractivity contribution < 1.29 is 28.6 Å². The van der Waals surface area contributed by atoms with E-state index in [4.69, 9.17) is 14.2 Å². The molecule has 2 aromatic rings. The molecule has 0 atom stereocenters. The lowest BCUT2D eigenvalue weighted by atomic mass is 10.1. The Kier molecular flexibility index (Phi) is 11.3. The highest BCUT2D eigenvalue weighted by molar-refractivity contribution is 5.87. The van der Waals surface area contributed by atoms with Gasteiger partial charge >= 0.3 is 18.2 Å². The van der Waals surface area contributed by atoms with E-state index >= 15 is 0 Å². The van der Waals surface area contributed by atoms with E-state index in [9.17, 15) is 14.4 Å². The van der Waals surface area contributed by atoms with Crippen LogP contribution in [0.5, 0.6) is 5.75 Å². The molecule has 8 nitrogen and oxygen atoms in total. The van der Waals surface area contributed by atoms with Crippen molar-refractivity contribution in [3.63, 3.8) is 0 Å². The van der Waals surface area contributed by atoms with Crippen LogP contribution in [0.1, 0.15) is 39.0 Å². The first-order valence-corrected chi connectivity index (χ1v) is 11.1. The van der Waals surface area contributed by atoms with Crippen molar-refractivity contribution in [2.45, 2.75) is 39.0 Å². The smallest absolute Gasteiger partial charge is 0.412 e. The minimum atomic E-state index is -0.487. The third-order valence-electron chi connectivity index (χ3n) is 4.68. The van der Waals surface area contributed by atoms with Crippen LogP contribution in [0.25, 0.3) is 10.8 Å². The third kappa shape index (κ3) is 10.5. The molecule has 33 heavy (non-hydrogen) atoms. The molecule has 0 aliphatic carbocycles. The molecule has 0 aliphatic heterocycles. The number of unbranched alkanes of at least 4 members (excludes halogenated alkanes) is 3. The zero-order valence-corrected chi connectivity index (χ0v) is 19.1. The second-order valence-electron chi connectivity index (χ2n) is 7.57. The first-order chi connectivity index (χ1) is 16.0. The van der Waals surface area contributed by atoms with Crippen LogP contribution in [0.15, 0.2) is 54.6 Å². The molecule has 0 bridgehead atoms. The van der Waals surface area contributed by atoms with Gasteiger partial charge in [0.2, 0.25) is 0 Å². The molecule has 0 aliphatic rings. The van der Waals surface area contributed by atoms with Gasteiger partial charge in [-0.1, -0.05) is 49.8 Å². The molecule has 0 aromatic heterocycles. The fourth-order valence-electron chi connectivity index (χ4n) is 2.92. The summed E-state index contributed by atoms with van der Waals surface area (Å²) in [6, 6.07) is 13.4. The maximum Gasteiger partial charge on any atom is 0.412 e. The van der Waals surface area contributed by atoms with Crippen LogP contribution in [-0.4, -0.2) is 44.5 Å².